The van der Waals surface area contributed by atoms with E-state index in [0.717, 1.165) is 36.3 Å². The van der Waals surface area contributed by atoms with Crippen molar-refractivity contribution in [2.45, 2.75) is 57.5 Å². The summed E-state index contributed by atoms with van der Waals surface area (Å²) in [5.74, 6) is -0.807. The van der Waals surface area contributed by atoms with Crippen molar-refractivity contribution in [1.29, 1.82) is 0 Å². The summed E-state index contributed by atoms with van der Waals surface area (Å²) in [6.45, 7) is 2.04. The van der Waals surface area contributed by atoms with Crippen LogP contribution in [0.2, 0.25) is 0 Å². The molecule has 0 radical (unpaired) electrons. The topological polar surface area (TPSA) is 80.6 Å². The number of hydrogen-bond acceptors (Lipinski definition) is 5. The smallest absolute Gasteiger partial charge is 0.338 e. The van der Waals surface area contributed by atoms with Gasteiger partial charge >= 0.3 is 5.97 Å². The van der Waals surface area contributed by atoms with Crippen LogP contribution in [0.15, 0.2) is 60.1 Å². The van der Waals surface area contributed by atoms with Crippen molar-refractivity contribution in [1.82, 2.24) is 9.88 Å². The molecule has 8 heteroatoms. The Balaban J connectivity index is 1.72. The number of aromatic nitrogens is 1. The highest BCUT2D eigenvalue weighted by Gasteiger charge is 2.35. The third-order valence-electron chi connectivity index (χ3n) is 6.55. The second-order valence-corrected chi connectivity index (χ2v) is 10.1. The molecule has 36 heavy (non-hydrogen) atoms. The fourth-order valence-electron chi connectivity index (χ4n) is 4.73. The quantitative estimate of drug-likeness (QED) is 0.412. The van der Waals surface area contributed by atoms with Crippen molar-refractivity contribution in [3.63, 3.8) is 0 Å². The Morgan fingerprint density at radius 1 is 1.08 bits per heavy atom. The molecule has 0 bridgehead atoms. The molecule has 1 saturated carbocycles. The van der Waals surface area contributed by atoms with Crippen LogP contribution in [0.25, 0.3) is 0 Å². The summed E-state index contributed by atoms with van der Waals surface area (Å²) in [5.41, 5.74) is 1.67. The van der Waals surface area contributed by atoms with Crippen LogP contribution in [0.4, 0.5) is 5.69 Å². The molecular weight excluding hydrogens is 474 g/mol. The van der Waals surface area contributed by atoms with Crippen LogP contribution in [-0.4, -0.2) is 35.0 Å². The lowest BCUT2D eigenvalue weighted by Gasteiger charge is -2.33. The molecule has 0 saturated heterocycles. The molecule has 0 spiro atoms. The minimum atomic E-state index is -0.854. The van der Waals surface area contributed by atoms with Crippen molar-refractivity contribution in [3.8, 4) is 0 Å². The summed E-state index contributed by atoms with van der Waals surface area (Å²) in [7, 11) is 1.88. The molecule has 0 aliphatic heterocycles. The Morgan fingerprint density at radius 2 is 1.83 bits per heavy atom. The molecule has 7 nitrogen and oxygen atoms in total. The first kappa shape index (κ1) is 25.7. The molecule has 1 aromatic carbocycles. The number of aryl methyl sites for hydroxylation is 1. The van der Waals surface area contributed by atoms with Crippen LogP contribution in [0, 0.1) is 0 Å². The number of esters is 1. The molecule has 1 fully saturated rings. The number of carbonyl (C=O) groups excluding carboxylic acids is 3. The molecule has 3 aromatic rings. The summed E-state index contributed by atoms with van der Waals surface area (Å²) in [5, 5.41) is 5.16. The van der Waals surface area contributed by atoms with Crippen molar-refractivity contribution in [2.24, 2.45) is 7.05 Å². The van der Waals surface area contributed by atoms with Gasteiger partial charge in [-0.15, -0.1) is 11.3 Å². The maximum absolute atomic E-state index is 13.9. The van der Waals surface area contributed by atoms with Gasteiger partial charge < -0.3 is 14.6 Å². The largest absolute Gasteiger partial charge is 0.462 e. The normalized spacial score (nSPS) is 14.7. The first-order valence-corrected chi connectivity index (χ1v) is 13.4. The summed E-state index contributed by atoms with van der Waals surface area (Å²) in [6.07, 6.45) is 7.32. The molecule has 1 N–H and O–H groups in total. The van der Waals surface area contributed by atoms with Crippen molar-refractivity contribution in [2.75, 3.05) is 11.5 Å². The average Bonchev–Trinajstić information content (AvgIpc) is 3.55. The number of benzene rings is 1. The Labute approximate surface area is 216 Å². The molecular formula is C28H33N3O4S. The number of hydrogen-bond donors (Lipinski definition) is 1. The molecule has 190 valence electrons. The van der Waals surface area contributed by atoms with Gasteiger partial charge in [-0.2, -0.15) is 0 Å². The predicted octanol–water partition coefficient (Wildman–Crippen LogP) is 5.03. The van der Waals surface area contributed by atoms with E-state index in [-0.39, 0.29) is 30.9 Å². The van der Waals surface area contributed by atoms with Gasteiger partial charge in [-0.1, -0.05) is 25.3 Å². The summed E-state index contributed by atoms with van der Waals surface area (Å²) in [4.78, 5) is 42.4. The lowest BCUT2D eigenvalue weighted by molar-refractivity contribution is -0.127. The number of nitrogens with one attached hydrogen (secondary N) is 1. The number of ether oxygens (including phenoxy) is 1. The number of rotatable bonds is 9. The maximum Gasteiger partial charge on any atom is 0.338 e. The van der Waals surface area contributed by atoms with Gasteiger partial charge in [-0.05, 0) is 67.6 Å². The van der Waals surface area contributed by atoms with E-state index in [2.05, 4.69) is 5.32 Å². The molecule has 2 heterocycles. The van der Waals surface area contributed by atoms with Crippen LogP contribution in [0.5, 0.6) is 0 Å². The van der Waals surface area contributed by atoms with Gasteiger partial charge in [0.15, 0.2) is 6.04 Å². The van der Waals surface area contributed by atoms with Crippen molar-refractivity contribution < 1.29 is 19.1 Å². The van der Waals surface area contributed by atoms with Gasteiger partial charge in [0.05, 0.1) is 24.3 Å². The fourth-order valence-corrected chi connectivity index (χ4v) is 5.42. The minimum absolute atomic E-state index is 0.106. The highest BCUT2D eigenvalue weighted by Crippen LogP contribution is 2.31. The molecule has 1 aliphatic carbocycles. The van der Waals surface area contributed by atoms with Gasteiger partial charge in [0.25, 0.3) is 0 Å². The highest BCUT2D eigenvalue weighted by atomic mass is 32.1. The number of anilines is 1. The van der Waals surface area contributed by atoms with E-state index >= 15 is 0 Å². The molecule has 2 amide bonds. The highest BCUT2D eigenvalue weighted by molar-refractivity contribution is 7.10. The monoisotopic (exact) mass is 507 g/mol. The first-order valence-electron chi connectivity index (χ1n) is 12.5. The van der Waals surface area contributed by atoms with Crippen LogP contribution in [0.1, 0.15) is 66.0 Å². The van der Waals surface area contributed by atoms with Gasteiger partial charge in [0.1, 0.15) is 0 Å². The van der Waals surface area contributed by atoms with Gasteiger partial charge in [0.2, 0.25) is 11.8 Å². The average molecular weight is 508 g/mol. The van der Waals surface area contributed by atoms with Crippen molar-refractivity contribution >= 4 is 34.8 Å². The lowest BCUT2D eigenvalue weighted by Crippen LogP contribution is -2.48. The van der Waals surface area contributed by atoms with E-state index in [1.807, 2.05) is 47.5 Å². The van der Waals surface area contributed by atoms with Crippen LogP contribution in [0.3, 0.4) is 0 Å². The summed E-state index contributed by atoms with van der Waals surface area (Å²) < 4.78 is 6.98. The molecule has 1 atom stereocenters. The van der Waals surface area contributed by atoms with E-state index in [9.17, 15) is 14.4 Å². The standard InChI is InChI=1S/C28H33N3O4S/c1-3-35-28(34)20-13-15-22(16-14-20)31(25(32)19-23-11-8-18-36-23)26(24-12-7-17-30(24)2)27(33)29-21-9-5-4-6-10-21/h7-8,11-18,21,26H,3-6,9-10,19H2,1-2H3,(H,29,33)/t26-/m1/s1. The summed E-state index contributed by atoms with van der Waals surface area (Å²) >= 11 is 1.51. The van der Waals surface area contributed by atoms with E-state index < -0.39 is 12.0 Å². The number of nitrogens with zero attached hydrogens (tertiary/aromatic N) is 2. The Hall–Kier alpha value is -3.39. The zero-order valence-electron chi connectivity index (χ0n) is 20.8. The zero-order valence-corrected chi connectivity index (χ0v) is 21.6. The first-order chi connectivity index (χ1) is 17.5. The maximum atomic E-state index is 13.9. The fraction of sp³-hybridized carbons (Fsp3) is 0.393. The number of thiophene rings is 1. The minimum Gasteiger partial charge on any atom is -0.462 e. The third kappa shape index (κ3) is 6.05. The van der Waals surface area contributed by atoms with E-state index in [1.165, 1.54) is 17.8 Å². The number of amides is 2. The van der Waals surface area contributed by atoms with E-state index in [1.54, 1.807) is 36.1 Å². The van der Waals surface area contributed by atoms with E-state index in [0.29, 0.717) is 11.3 Å². The molecule has 0 unspecified atom stereocenters. The van der Waals surface area contributed by atoms with Crippen LogP contribution >= 0.6 is 11.3 Å². The second kappa shape index (κ2) is 12.0. The Kier molecular flexibility index (Phi) is 8.59. The molecule has 2 aromatic heterocycles. The predicted molar refractivity (Wildman–Crippen MR) is 141 cm³/mol. The third-order valence-corrected chi connectivity index (χ3v) is 7.43. The molecule has 4 rings (SSSR count). The van der Waals surface area contributed by atoms with Gasteiger partial charge in [-0.3, -0.25) is 14.5 Å². The molecule has 1 aliphatic rings. The van der Waals surface area contributed by atoms with Gasteiger partial charge in [-0.25, -0.2) is 4.79 Å². The Bertz CT molecular complexity index is 1160. The van der Waals surface area contributed by atoms with Crippen LogP contribution < -0.4 is 10.2 Å². The van der Waals surface area contributed by atoms with Gasteiger partial charge in [0, 0.05) is 29.9 Å². The Morgan fingerprint density at radius 3 is 2.44 bits per heavy atom. The van der Waals surface area contributed by atoms with Crippen LogP contribution in [-0.2, 0) is 27.8 Å². The summed E-state index contributed by atoms with van der Waals surface area (Å²) in [6, 6.07) is 13.5. The zero-order chi connectivity index (χ0) is 25.5. The SMILES string of the molecule is CCOC(=O)c1ccc(N(C(=O)Cc2cccs2)[C@@H](C(=O)NC2CCCCC2)c2cccn2C)cc1. The second-order valence-electron chi connectivity index (χ2n) is 9.08. The lowest BCUT2D eigenvalue weighted by atomic mass is 9.95. The number of carbonyl (C=O) groups is 3. The van der Waals surface area contributed by atoms with E-state index in [4.69, 9.17) is 4.74 Å². The van der Waals surface area contributed by atoms with Crippen molar-refractivity contribution in [3.05, 3.63) is 76.2 Å².